The first kappa shape index (κ1) is 102. The second-order valence-electron chi connectivity index (χ2n) is 38.1. The summed E-state index contributed by atoms with van der Waals surface area (Å²) in [4.78, 5) is 153. The molecule has 19 rings (SSSR count). The molecule has 0 spiro atoms. The monoisotopic (exact) mass is 2010 g/mol. The summed E-state index contributed by atoms with van der Waals surface area (Å²) in [5, 5.41) is 51.4. The van der Waals surface area contributed by atoms with E-state index >= 15 is 49.1 Å². The summed E-state index contributed by atoms with van der Waals surface area (Å²) in [6.45, 7) is 30.9. The molecule has 4 saturated heterocycles. The molecule has 13 heterocycles. The second kappa shape index (κ2) is 39.6. The highest BCUT2D eigenvalue weighted by molar-refractivity contribution is 6.17. The van der Waals surface area contributed by atoms with Crippen molar-refractivity contribution in [2.45, 2.75) is 150 Å². The van der Waals surface area contributed by atoms with Gasteiger partial charge in [-0.3, -0.25) is 76.7 Å². The first-order valence-electron chi connectivity index (χ1n) is 47.5. The predicted molar refractivity (Wildman–Crippen MR) is 533 cm³/mol. The molecule has 12 aromatic rings. The predicted octanol–water partition coefficient (Wildman–Crippen LogP) is 14.4. The van der Waals surface area contributed by atoms with Crippen LogP contribution in [0.4, 0.5) is 73.6 Å². The number of amides is 6. The van der Waals surface area contributed by atoms with E-state index < -0.39 is 209 Å². The molecule has 30 nitrogen and oxygen atoms in total. The van der Waals surface area contributed by atoms with Gasteiger partial charge in [0.1, 0.15) is 87.3 Å². The van der Waals surface area contributed by atoms with Crippen molar-refractivity contribution in [1.82, 2.24) is 43.4 Å². The normalized spacial score (nSPS) is 18.1. The van der Waals surface area contributed by atoms with Crippen molar-refractivity contribution in [1.29, 1.82) is 0 Å². The summed E-state index contributed by atoms with van der Waals surface area (Å²) < 4.78 is 155. The Labute approximate surface area is 830 Å². The van der Waals surface area contributed by atoms with Crippen LogP contribution in [0.2, 0.25) is 0 Å². The number of β-amino-alcohol motifs (C(OH)–C–C–N with tert-alkyl or cyclic N) is 1. The number of carbonyl (C=O) groups excluding carboxylic acids is 6. The lowest BCUT2D eigenvalue weighted by Crippen LogP contribution is -2.69. The number of hydrogen-bond donors (Lipinski definition) is 5. The highest BCUT2D eigenvalue weighted by atomic mass is 19.2. The van der Waals surface area contributed by atoms with Gasteiger partial charge in [0.05, 0.1) is 147 Å². The van der Waals surface area contributed by atoms with E-state index in [1.54, 1.807) is 86.8 Å². The Morgan fingerprint density at radius 3 is 0.979 bits per heavy atom. The number of ether oxygens (including phenoxy) is 1. The van der Waals surface area contributed by atoms with Crippen LogP contribution in [-0.4, -0.2) is 225 Å². The van der Waals surface area contributed by atoms with Gasteiger partial charge in [-0.2, -0.15) is 0 Å². The van der Waals surface area contributed by atoms with Gasteiger partial charge in [-0.05, 0) is 173 Å². The lowest BCUT2D eigenvalue weighted by molar-refractivity contribution is -0.132. The van der Waals surface area contributed by atoms with E-state index in [9.17, 15) is 59.1 Å². The van der Waals surface area contributed by atoms with E-state index in [1.807, 2.05) is 41.5 Å². The van der Waals surface area contributed by atoms with Crippen LogP contribution < -0.4 is 46.1 Å². The molecule has 0 radical (unpaired) electrons. The van der Waals surface area contributed by atoms with E-state index in [1.165, 1.54) is 48.9 Å². The minimum atomic E-state index is -1.32. The van der Waals surface area contributed by atoms with Crippen molar-refractivity contribution in [3.05, 3.63) is 265 Å². The van der Waals surface area contributed by atoms with Crippen LogP contribution in [0.15, 0.2) is 162 Å². The van der Waals surface area contributed by atoms with Crippen molar-refractivity contribution in [3.63, 3.8) is 0 Å². The first-order valence-corrected chi connectivity index (χ1v) is 47.5. The smallest absolute Gasteiger partial charge is 0.281 e. The van der Waals surface area contributed by atoms with E-state index in [2.05, 4.69) is 34.7 Å². The van der Waals surface area contributed by atoms with Crippen LogP contribution in [0.3, 0.4) is 0 Å². The van der Waals surface area contributed by atoms with Crippen LogP contribution in [-0.2, 0) is 33.5 Å². The Kier molecular flexibility index (Phi) is 27.6. The highest BCUT2D eigenvalue weighted by Crippen LogP contribution is 2.53. The number of aromatic hydroxyl groups is 3. The van der Waals surface area contributed by atoms with Crippen molar-refractivity contribution >= 4 is 102 Å². The Hall–Kier alpha value is -15.5. The van der Waals surface area contributed by atoms with Crippen LogP contribution in [0, 0.1) is 73.1 Å². The van der Waals surface area contributed by atoms with Gasteiger partial charge in [0.15, 0.2) is 17.5 Å². The Bertz CT molecular complexity index is 7680. The van der Waals surface area contributed by atoms with E-state index in [0.29, 0.717) is 33.8 Å². The molecule has 0 aliphatic carbocycles. The average molecular weight is 2010 g/mol. The van der Waals surface area contributed by atoms with E-state index in [-0.39, 0.29) is 175 Å². The minimum absolute atomic E-state index is 0.0107. The van der Waals surface area contributed by atoms with Gasteiger partial charge in [0, 0.05) is 92.2 Å². The molecule has 146 heavy (non-hydrogen) atoms. The van der Waals surface area contributed by atoms with Gasteiger partial charge in [0.2, 0.25) is 17.7 Å². The van der Waals surface area contributed by atoms with Gasteiger partial charge in [-0.25, -0.2) is 39.5 Å². The number of nitrogens with zero attached hydrogens (tertiary/aromatic N) is 15. The zero-order chi connectivity index (χ0) is 105. The van der Waals surface area contributed by atoms with Crippen molar-refractivity contribution < 1.29 is 98.6 Å². The largest absolute Gasteiger partial charge is 0.507 e. The molecular weight excluding hydrogens is 1910 g/mol. The van der Waals surface area contributed by atoms with Crippen molar-refractivity contribution in [2.24, 2.45) is 0 Å². The van der Waals surface area contributed by atoms with Gasteiger partial charge in [-0.1, -0.05) is 79.5 Å². The quantitative estimate of drug-likeness (QED) is 0.0393. The zero-order valence-corrected chi connectivity index (χ0v) is 81.6. The average Bonchev–Trinajstić information content (AvgIpc) is 0.686. The molecule has 760 valence electrons. The topological polar surface area (TPSA) is 347 Å². The number of pyridine rings is 6. The number of aliphatic hydroxyl groups is 2. The van der Waals surface area contributed by atoms with Gasteiger partial charge in [-0.15, -0.1) is 0 Å². The summed E-state index contributed by atoms with van der Waals surface area (Å²) in [6, 6.07) is 12.5. The number of rotatable bonds is 18. The standard InChI is InChI=1S/C36H34F3N5O5.C36H36F3N5O5.C35H34F3N5O5/c1-6-26(46)41-14-24-35(47)43(20-15-49-16-20)34-33(42(24)13-19(41)5)21-12-23(38)28(27-22(37)8-7-9-25(27)45)29(39)32(21)44(36(34)48)31-18(4)10-11-40-30(31)17(2)3;1-6-26(47)42-17-24-35(48)41(13-8-14-45)34-33(43(24)16-20(42)5)21-15-23(38)28(27-22(37)9-7-10-25(27)46)29(39)32(21)44(36(34)49)31-19(4)11-12-40-30(31)18(2)3;1-6-25(46)41-16-23-34(47)40(12-13-44)33-32(42(23)15-19(41)5)20-14-22(37)27(26-21(36)8-7-9-24(26)45)28(38)31(20)43(35(33)48)30-18(4)10-11-39-29(30)17(2)3/h6-12,17,19-20,24,45H,1,13-16H2,2-5H3;6-7,9-12,15,18,20,24,45-46H,1,8,13-14,16-17H2,2-5H3;6-11,14,17,19,23,44-45H,1,12-13,15-16H2,2-5H3. The molecule has 5 N–H and O–H groups in total. The number of aliphatic hydroxyl groups excluding tert-OH is 2. The maximum Gasteiger partial charge on any atom is 0.281 e. The fourth-order valence-corrected chi connectivity index (χ4v) is 21.3. The summed E-state index contributed by atoms with van der Waals surface area (Å²) in [7, 11) is 0. The molecule has 6 aromatic heterocycles. The molecule has 4 fully saturated rings. The lowest BCUT2D eigenvalue weighted by atomic mass is 9.93. The van der Waals surface area contributed by atoms with Crippen molar-refractivity contribution in [2.75, 3.05) is 108 Å². The summed E-state index contributed by atoms with van der Waals surface area (Å²) >= 11 is 0. The number of phenolic OH excluding ortho intramolecular Hbond substituents is 3. The number of benzene rings is 6. The fourth-order valence-electron chi connectivity index (χ4n) is 21.3. The third-order valence-corrected chi connectivity index (χ3v) is 28.1. The highest BCUT2D eigenvalue weighted by Gasteiger charge is 2.54. The van der Waals surface area contributed by atoms with Gasteiger partial charge in [0.25, 0.3) is 34.4 Å². The van der Waals surface area contributed by atoms with Crippen LogP contribution >= 0.6 is 0 Å². The molecule has 7 aliphatic rings. The van der Waals surface area contributed by atoms with Crippen LogP contribution in [0.5, 0.6) is 17.2 Å². The number of hydrogen-bond acceptors (Lipinski definition) is 21. The number of halogens is 9. The summed E-state index contributed by atoms with van der Waals surface area (Å²) in [6.07, 6.45) is 8.15. The fraction of sp³-hybridized carbons (Fsp3) is 0.327. The molecule has 6 atom stereocenters. The number of aromatic nitrogens is 6. The molecule has 39 heteroatoms. The number of phenols is 3. The third-order valence-electron chi connectivity index (χ3n) is 28.1. The molecule has 0 saturated carbocycles. The molecule has 6 unspecified atom stereocenters. The van der Waals surface area contributed by atoms with Crippen molar-refractivity contribution in [3.8, 4) is 67.7 Å². The number of piperazine rings is 3. The minimum Gasteiger partial charge on any atom is -0.507 e. The Morgan fingerprint density at radius 1 is 0.397 bits per heavy atom. The van der Waals surface area contributed by atoms with E-state index in [0.717, 1.165) is 91.4 Å². The maximum absolute atomic E-state index is 17.4. The number of anilines is 6. The molecular formula is C107H104F9N15O15. The number of fused-ring (bicyclic) bond motifs is 15. The first-order chi connectivity index (χ1) is 69.5. The number of carbonyl (C=O) groups is 6. The SMILES string of the molecule is C=CC(=O)N1CC2C(=O)N(C3COC3)c3c(c4cc(F)c(-c5c(O)cccc5F)c(F)c4n(-c4c(C)ccnc4C(C)C)c3=O)N2CC1C.C=CC(=O)N1CC2C(=O)N(CCCO)c3c(c4cc(F)c(-c5c(O)cccc5F)c(F)c4n(-c4c(C)ccnc4C(C)C)c3=O)N2CC1C.C=CC(=O)N1CC2C(=O)N(CCO)c3c(c4cc(F)c(-c5c(O)cccc5F)c(F)c4n(-c4c(C)ccnc4C(C)C)c3=O)N2CC1C. The molecule has 6 amide bonds. The Balaban J connectivity index is 0.000000150. The lowest BCUT2D eigenvalue weighted by Gasteiger charge is -2.52. The zero-order valence-electron chi connectivity index (χ0n) is 81.6. The third kappa shape index (κ3) is 16.5. The van der Waals surface area contributed by atoms with Gasteiger partial charge >= 0.3 is 0 Å². The van der Waals surface area contributed by atoms with Crippen LogP contribution in [0.1, 0.15) is 120 Å². The van der Waals surface area contributed by atoms with Gasteiger partial charge < -0.3 is 69.5 Å². The molecule has 7 aliphatic heterocycles. The van der Waals surface area contributed by atoms with Crippen LogP contribution in [0.25, 0.3) is 83.2 Å². The summed E-state index contributed by atoms with van der Waals surface area (Å²) in [5.74, 6) is -16.5. The second-order valence-corrected chi connectivity index (χ2v) is 38.1. The summed E-state index contributed by atoms with van der Waals surface area (Å²) in [5.41, 5.74) is -5.24. The maximum atomic E-state index is 17.4. The number of aryl methyl sites for hydroxylation is 3. The Morgan fingerprint density at radius 2 is 0.699 bits per heavy atom. The molecule has 6 aromatic carbocycles. The molecule has 0 bridgehead atoms. The van der Waals surface area contributed by atoms with E-state index in [4.69, 9.17) is 4.74 Å².